The van der Waals surface area contributed by atoms with Crippen molar-refractivity contribution in [2.75, 3.05) is 25.6 Å². The second kappa shape index (κ2) is 8.91. The molecule has 1 fully saturated rings. The molecule has 0 saturated carbocycles. The van der Waals surface area contributed by atoms with Gasteiger partial charge in [-0.2, -0.15) is 0 Å². The highest BCUT2D eigenvalue weighted by atomic mass is 16.5. The van der Waals surface area contributed by atoms with Crippen molar-refractivity contribution in [1.29, 1.82) is 0 Å². The number of para-hydroxylation sites is 2. The van der Waals surface area contributed by atoms with Gasteiger partial charge in [0.15, 0.2) is 0 Å². The molecular weight excluding hydrogens is 398 g/mol. The molecule has 0 aromatic heterocycles. The van der Waals surface area contributed by atoms with Gasteiger partial charge in [-0.3, -0.25) is 14.5 Å². The zero-order valence-corrected chi connectivity index (χ0v) is 17.7. The summed E-state index contributed by atoms with van der Waals surface area (Å²) in [6.07, 6.45) is 0. The number of carbonyl (C=O) groups is 3. The maximum absolute atomic E-state index is 13.0. The Balaban J connectivity index is 1.71. The molecule has 8 nitrogen and oxygen atoms in total. The van der Waals surface area contributed by atoms with E-state index in [1.807, 2.05) is 6.92 Å². The number of rotatable bonds is 8. The first-order chi connectivity index (χ1) is 14.7. The van der Waals surface area contributed by atoms with Gasteiger partial charge in [-0.25, -0.2) is 4.79 Å². The molecule has 4 amide bonds. The van der Waals surface area contributed by atoms with Crippen LogP contribution in [0.25, 0.3) is 0 Å². The molecule has 162 valence electrons. The third-order valence-corrected chi connectivity index (χ3v) is 4.87. The number of amides is 4. The molecule has 0 radical (unpaired) electrons. The topological polar surface area (TPSA) is 97.0 Å². The van der Waals surface area contributed by atoms with Crippen LogP contribution in [0.4, 0.5) is 10.5 Å². The Kier molecular flexibility index (Phi) is 6.29. The molecule has 0 aliphatic carbocycles. The van der Waals surface area contributed by atoms with E-state index in [0.717, 1.165) is 10.5 Å². The molecule has 1 aliphatic rings. The Hall–Kier alpha value is -3.81. The van der Waals surface area contributed by atoms with Crippen LogP contribution in [0, 0.1) is 0 Å². The summed E-state index contributed by atoms with van der Waals surface area (Å²) in [7, 11) is 1.49. The molecule has 1 heterocycles. The molecule has 1 atom stereocenters. The fraction of sp³-hybridized carbons (Fsp3) is 0.261. The van der Waals surface area contributed by atoms with E-state index in [9.17, 15) is 14.4 Å². The maximum atomic E-state index is 13.0. The van der Waals surface area contributed by atoms with E-state index in [1.165, 1.54) is 7.11 Å². The summed E-state index contributed by atoms with van der Waals surface area (Å²) < 4.78 is 10.8. The molecule has 0 bridgehead atoms. The zero-order valence-electron chi connectivity index (χ0n) is 17.7. The molecule has 2 N–H and O–H groups in total. The predicted octanol–water partition coefficient (Wildman–Crippen LogP) is 3.06. The fourth-order valence-electron chi connectivity index (χ4n) is 3.21. The number of benzene rings is 2. The summed E-state index contributed by atoms with van der Waals surface area (Å²) in [5, 5.41) is 5.35. The number of urea groups is 1. The van der Waals surface area contributed by atoms with E-state index in [0.29, 0.717) is 29.4 Å². The number of anilines is 1. The Labute approximate surface area is 180 Å². The number of hydrogen-bond acceptors (Lipinski definition) is 5. The summed E-state index contributed by atoms with van der Waals surface area (Å²) in [4.78, 5) is 38.9. The minimum Gasteiger partial charge on any atom is -0.495 e. The largest absolute Gasteiger partial charge is 0.495 e. The SMILES string of the molecule is C=C(C)COc1ccc(C2(C)NC(=O)N(CC(=O)Nc3ccccc3OC)C2=O)cc1. The number of nitrogens with one attached hydrogen (secondary N) is 2. The van der Waals surface area contributed by atoms with Crippen LogP contribution in [0.1, 0.15) is 19.4 Å². The quantitative estimate of drug-likeness (QED) is 0.502. The molecule has 0 spiro atoms. The Bertz CT molecular complexity index is 1020. The summed E-state index contributed by atoms with van der Waals surface area (Å²) >= 11 is 0. The average molecular weight is 423 g/mol. The monoisotopic (exact) mass is 423 g/mol. The van der Waals surface area contributed by atoms with Crippen molar-refractivity contribution >= 4 is 23.5 Å². The van der Waals surface area contributed by atoms with Crippen LogP contribution in [-0.2, 0) is 15.1 Å². The Morgan fingerprint density at radius 3 is 2.48 bits per heavy atom. The minimum atomic E-state index is -1.28. The second-order valence-electron chi connectivity index (χ2n) is 7.47. The highest BCUT2D eigenvalue weighted by Gasteiger charge is 2.49. The highest BCUT2D eigenvalue weighted by molar-refractivity contribution is 6.10. The summed E-state index contributed by atoms with van der Waals surface area (Å²) in [5.41, 5.74) is 0.641. The van der Waals surface area contributed by atoms with Gasteiger partial charge >= 0.3 is 6.03 Å². The fourth-order valence-corrected chi connectivity index (χ4v) is 3.21. The third-order valence-electron chi connectivity index (χ3n) is 4.87. The van der Waals surface area contributed by atoms with Crippen LogP contribution >= 0.6 is 0 Å². The molecular formula is C23H25N3O5. The van der Waals surface area contributed by atoms with Gasteiger partial charge in [0.1, 0.15) is 30.2 Å². The van der Waals surface area contributed by atoms with E-state index in [-0.39, 0.29) is 0 Å². The number of carbonyl (C=O) groups excluding carboxylic acids is 3. The van der Waals surface area contributed by atoms with Crippen molar-refractivity contribution in [3.63, 3.8) is 0 Å². The Morgan fingerprint density at radius 1 is 1.16 bits per heavy atom. The molecule has 31 heavy (non-hydrogen) atoms. The first-order valence-corrected chi connectivity index (χ1v) is 9.69. The van der Waals surface area contributed by atoms with Gasteiger partial charge in [0, 0.05) is 0 Å². The number of nitrogens with zero attached hydrogens (tertiary/aromatic N) is 1. The van der Waals surface area contributed by atoms with Crippen molar-refractivity contribution in [1.82, 2.24) is 10.2 Å². The van der Waals surface area contributed by atoms with Crippen molar-refractivity contribution < 1.29 is 23.9 Å². The summed E-state index contributed by atoms with van der Waals surface area (Å²) in [6, 6.07) is 13.1. The van der Waals surface area contributed by atoms with Crippen molar-refractivity contribution in [2.24, 2.45) is 0 Å². The second-order valence-corrected chi connectivity index (χ2v) is 7.47. The Morgan fingerprint density at radius 2 is 1.84 bits per heavy atom. The lowest BCUT2D eigenvalue weighted by molar-refractivity contribution is -0.133. The van der Waals surface area contributed by atoms with E-state index in [4.69, 9.17) is 9.47 Å². The van der Waals surface area contributed by atoms with Crippen LogP contribution < -0.4 is 20.1 Å². The summed E-state index contributed by atoms with van der Waals surface area (Å²) in [6.45, 7) is 7.23. The third kappa shape index (κ3) is 4.69. The zero-order chi connectivity index (χ0) is 22.6. The average Bonchev–Trinajstić information content (AvgIpc) is 2.97. The van der Waals surface area contributed by atoms with E-state index < -0.39 is 29.9 Å². The normalized spacial score (nSPS) is 17.8. The molecule has 2 aromatic rings. The first kappa shape index (κ1) is 21.9. The molecule has 3 rings (SSSR count). The van der Waals surface area contributed by atoms with Crippen molar-refractivity contribution in [2.45, 2.75) is 19.4 Å². The van der Waals surface area contributed by atoms with Crippen molar-refractivity contribution in [3.05, 3.63) is 66.2 Å². The van der Waals surface area contributed by atoms with Gasteiger partial charge in [0.05, 0.1) is 12.8 Å². The van der Waals surface area contributed by atoms with E-state index >= 15 is 0 Å². The standard InChI is InChI=1S/C23H25N3O5/c1-15(2)14-31-17-11-9-16(10-12-17)23(3)21(28)26(22(29)25-23)13-20(27)24-18-7-5-6-8-19(18)30-4/h5-12H,1,13-14H2,2-4H3,(H,24,27)(H,25,29). The van der Waals surface area contributed by atoms with Crippen LogP contribution in [0.15, 0.2) is 60.7 Å². The lowest BCUT2D eigenvalue weighted by atomic mass is 9.92. The van der Waals surface area contributed by atoms with E-state index in [1.54, 1.807) is 55.5 Å². The predicted molar refractivity (Wildman–Crippen MR) is 116 cm³/mol. The van der Waals surface area contributed by atoms with Gasteiger partial charge in [0.25, 0.3) is 5.91 Å². The lowest BCUT2D eigenvalue weighted by Gasteiger charge is -2.22. The van der Waals surface area contributed by atoms with Crippen LogP contribution in [0.3, 0.4) is 0 Å². The smallest absolute Gasteiger partial charge is 0.325 e. The summed E-state index contributed by atoms with van der Waals surface area (Å²) in [5.74, 6) is 0.0797. The highest BCUT2D eigenvalue weighted by Crippen LogP contribution is 2.30. The van der Waals surface area contributed by atoms with Crippen LogP contribution in [0.2, 0.25) is 0 Å². The van der Waals surface area contributed by atoms with Crippen LogP contribution in [-0.4, -0.2) is 43.0 Å². The molecule has 2 aromatic carbocycles. The minimum absolute atomic E-state index is 0.390. The molecule has 1 unspecified atom stereocenters. The number of methoxy groups -OCH3 is 1. The number of hydrogen-bond donors (Lipinski definition) is 2. The van der Waals surface area contributed by atoms with Gasteiger partial charge in [-0.05, 0) is 49.2 Å². The number of imide groups is 1. The van der Waals surface area contributed by atoms with Gasteiger partial charge in [0.2, 0.25) is 5.91 Å². The lowest BCUT2D eigenvalue weighted by Crippen LogP contribution is -2.42. The molecule has 1 aliphatic heterocycles. The molecule has 1 saturated heterocycles. The van der Waals surface area contributed by atoms with Crippen molar-refractivity contribution in [3.8, 4) is 11.5 Å². The van der Waals surface area contributed by atoms with E-state index in [2.05, 4.69) is 17.2 Å². The number of ether oxygens (including phenoxy) is 2. The van der Waals surface area contributed by atoms with Crippen LogP contribution in [0.5, 0.6) is 11.5 Å². The molecule has 8 heteroatoms. The maximum Gasteiger partial charge on any atom is 0.325 e. The van der Waals surface area contributed by atoms with Gasteiger partial charge in [-0.1, -0.05) is 30.8 Å². The van der Waals surface area contributed by atoms with Gasteiger partial charge in [-0.15, -0.1) is 0 Å². The van der Waals surface area contributed by atoms with Gasteiger partial charge < -0.3 is 20.1 Å². The first-order valence-electron chi connectivity index (χ1n) is 9.69.